The van der Waals surface area contributed by atoms with Gasteiger partial charge in [0.2, 0.25) is 0 Å². The van der Waals surface area contributed by atoms with Gasteiger partial charge in [0.1, 0.15) is 25.9 Å². The molecule has 1 heterocycles. The predicted molar refractivity (Wildman–Crippen MR) is 87.4 cm³/mol. The lowest BCUT2D eigenvalue weighted by atomic mass is 9.79. The maximum Gasteiger partial charge on any atom is 0.333 e. The van der Waals surface area contributed by atoms with Gasteiger partial charge in [0.15, 0.2) is 0 Å². The number of epoxide rings is 1. The Morgan fingerprint density at radius 2 is 1.88 bits per heavy atom. The monoisotopic (exact) mass is 352 g/mol. The lowest BCUT2D eigenvalue weighted by Crippen LogP contribution is -2.36. The number of allylic oxidation sites excluding steroid dienone is 1. The summed E-state index contributed by atoms with van der Waals surface area (Å²) in [5, 5.41) is 0. The molecular formula is C18H24O7. The molecular weight excluding hydrogens is 328 g/mol. The molecule has 0 aromatic carbocycles. The summed E-state index contributed by atoms with van der Waals surface area (Å²) in [5.41, 5.74) is 1.07. The fourth-order valence-electron chi connectivity index (χ4n) is 2.64. The number of carbonyl (C=O) groups excluding carboxylic acids is 3. The molecule has 3 unspecified atom stereocenters. The summed E-state index contributed by atoms with van der Waals surface area (Å²) < 4.78 is 20.3. The van der Waals surface area contributed by atoms with Gasteiger partial charge >= 0.3 is 17.9 Å². The van der Waals surface area contributed by atoms with Crippen molar-refractivity contribution in [1.29, 1.82) is 0 Å². The van der Waals surface area contributed by atoms with Crippen LogP contribution in [0, 0.1) is 11.8 Å². The van der Waals surface area contributed by atoms with Crippen molar-refractivity contribution in [3.8, 4) is 0 Å². The van der Waals surface area contributed by atoms with Crippen molar-refractivity contribution in [3.05, 3.63) is 23.8 Å². The average molecular weight is 352 g/mol. The first-order valence-corrected chi connectivity index (χ1v) is 8.34. The fraction of sp³-hybridized carbons (Fsp3) is 0.611. The third-order valence-corrected chi connectivity index (χ3v) is 4.12. The highest BCUT2D eigenvalue weighted by atomic mass is 16.6. The van der Waals surface area contributed by atoms with E-state index in [0.717, 1.165) is 5.57 Å². The molecule has 2 aliphatic rings. The van der Waals surface area contributed by atoms with Crippen LogP contribution in [0.3, 0.4) is 0 Å². The molecule has 1 aliphatic heterocycles. The van der Waals surface area contributed by atoms with E-state index < -0.39 is 29.7 Å². The molecule has 3 atom stereocenters. The molecule has 2 rings (SSSR count). The van der Waals surface area contributed by atoms with Gasteiger partial charge in [-0.2, -0.15) is 0 Å². The van der Waals surface area contributed by atoms with Gasteiger partial charge in [0.05, 0.1) is 18.4 Å². The van der Waals surface area contributed by atoms with Crippen molar-refractivity contribution in [2.45, 2.75) is 32.8 Å². The molecule has 0 aromatic heterocycles. The smallest absolute Gasteiger partial charge is 0.333 e. The number of ether oxygens (including phenoxy) is 4. The third-order valence-electron chi connectivity index (χ3n) is 4.12. The quantitative estimate of drug-likeness (QED) is 0.163. The summed E-state index contributed by atoms with van der Waals surface area (Å²) in [7, 11) is 0. The van der Waals surface area contributed by atoms with Crippen LogP contribution in [-0.4, -0.2) is 50.4 Å². The van der Waals surface area contributed by atoms with Crippen LogP contribution in [0.2, 0.25) is 0 Å². The van der Waals surface area contributed by atoms with Crippen molar-refractivity contribution in [1.82, 2.24) is 0 Å². The molecule has 7 heteroatoms. The number of hydrogen-bond acceptors (Lipinski definition) is 7. The second-order valence-corrected chi connectivity index (χ2v) is 6.28. The van der Waals surface area contributed by atoms with Gasteiger partial charge in [-0.25, -0.2) is 4.79 Å². The van der Waals surface area contributed by atoms with Crippen molar-refractivity contribution in [3.63, 3.8) is 0 Å². The van der Waals surface area contributed by atoms with Gasteiger partial charge < -0.3 is 18.9 Å². The van der Waals surface area contributed by atoms with E-state index in [2.05, 4.69) is 6.58 Å². The van der Waals surface area contributed by atoms with Crippen LogP contribution in [-0.2, 0) is 33.3 Å². The van der Waals surface area contributed by atoms with E-state index in [9.17, 15) is 14.4 Å². The Morgan fingerprint density at radius 3 is 2.52 bits per heavy atom. The standard InChI is InChI=1S/C18H24O7/c1-11(2)16(19)22-7-8-23-18(21)15-12(3)5-4-6-14(15)17(20)25-10-13-9-24-13/h5,13-15H,1,4,6-10H2,2-3H3. The molecule has 1 saturated heterocycles. The first kappa shape index (κ1) is 19.2. The van der Waals surface area contributed by atoms with Gasteiger partial charge in [-0.15, -0.1) is 0 Å². The molecule has 25 heavy (non-hydrogen) atoms. The van der Waals surface area contributed by atoms with Crippen molar-refractivity contribution < 1.29 is 33.3 Å². The molecule has 7 nitrogen and oxygen atoms in total. The fourth-order valence-corrected chi connectivity index (χ4v) is 2.64. The Kier molecular flexibility index (Phi) is 6.75. The van der Waals surface area contributed by atoms with Gasteiger partial charge in [-0.3, -0.25) is 9.59 Å². The molecule has 0 N–H and O–H groups in total. The minimum Gasteiger partial charge on any atom is -0.463 e. The minimum absolute atomic E-state index is 0.0161. The van der Waals surface area contributed by atoms with Crippen LogP contribution >= 0.6 is 0 Å². The van der Waals surface area contributed by atoms with E-state index >= 15 is 0 Å². The van der Waals surface area contributed by atoms with Crippen LogP contribution in [0.1, 0.15) is 26.7 Å². The zero-order chi connectivity index (χ0) is 18.4. The summed E-state index contributed by atoms with van der Waals surface area (Å²) in [4.78, 5) is 36.0. The normalized spacial score (nSPS) is 24.7. The summed E-state index contributed by atoms with van der Waals surface area (Å²) in [5.74, 6) is -2.68. The topological polar surface area (TPSA) is 91.4 Å². The minimum atomic E-state index is -0.668. The number of esters is 3. The Hall–Kier alpha value is -2.15. The molecule has 0 bridgehead atoms. The van der Waals surface area contributed by atoms with Gasteiger partial charge in [-0.05, 0) is 26.7 Å². The highest BCUT2D eigenvalue weighted by Gasteiger charge is 2.39. The van der Waals surface area contributed by atoms with Crippen LogP contribution in [0.15, 0.2) is 23.8 Å². The Labute approximate surface area is 146 Å². The van der Waals surface area contributed by atoms with Crippen molar-refractivity contribution >= 4 is 17.9 Å². The molecule has 1 aliphatic carbocycles. The highest BCUT2D eigenvalue weighted by molar-refractivity contribution is 5.87. The van der Waals surface area contributed by atoms with E-state index in [1.165, 1.54) is 6.92 Å². The Balaban J connectivity index is 1.85. The second kappa shape index (κ2) is 8.80. The van der Waals surface area contributed by atoms with Crippen molar-refractivity contribution in [2.24, 2.45) is 11.8 Å². The zero-order valence-corrected chi connectivity index (χ0v) is 14.6. The first-order chi connectivity index (χ1) is 11.9. The van der Waals surface area contributed by atoms with E-state index in [0.29, 0.717) is 19.4 Å². The Bertz CT molecular complexity index is 574. The van der Waals surface area contributed by atoms with Crippen LogP contribution in [0.5, 0.6) is 0 Å². The summed E-state index contributed by atoms with van der Waals surface area (Å²) in [6, 6.07) is 0. The zero-order valence-electron chi connectivity index (χ0n) is 14.6. The Morgan fingerprint density at radius 1 is 1.20 bits per heavy atom. The molecule has 1 fully saturated rings. The van der Waals surface area contributed by atoms with Crippen LogP contribution in [0.4, 0.5) is 0 Å². The molecule has 0 radical (unpaired) electrons. The molecule has 0 aromatic rings. The average Bonchev–Trinajstić information content (AvgIpc) is 3.40. The maximum absolute atomic E-state index is 12.4. The molecule has 0 amide bonds. The molecule has 0 saturated carbocycles. The maximum atomic E-state index is 12.4. The highest BCUT2D eigenvalue weighted by Crippen LogP contribution is 2.32. The van der Waals surface area contributed by atoms with Gasteiger partial charge in [0, 0.05) is 5.57 Å². The number of carbonyl (C=O) groups is 3. The van der Waals surface area contributed by atoms with Crippen molar-refractivity contribution in [2.75, 3.05) is 26.4 Å². The SMILES string of the molecule is C=C(C)C(=O)OCCOC(=O)C1C(C)=CCCC1C(=O)OCC1CO1. The van der Waals surface area contributed by atoms with Gasteiger partial charge in [-0.1, -0.05) is 18.2 Å². The van der Waals surface area contributed by atoms with E-state index in [1.54, 1.807) is 6.92 Å². The molecule has 0 spiro atoms. The van der Waals surface area contributed by atoms with E-state index in [1.807, 2.05) is 6.08 Å². The number of hydrogen-bond donors (Lipinski definition) is 0. The summed E-state index contributed by atoms with van der Waals surface area (Å²) in [6.07, 6.45) is 3.16. The summed E-state index contributed by atoms with van der Waals surface area (Å²) >= 11 is 0. The van der Waals surface area contributed by atoms with E-state index in [-0.39, 0.29) is 31.5 Å². The second-order valence-electron chi connectivity index (χ2n) is 6.28. The lowest BCUT2D eigenvalue weighted by molar-refractivity contribution is -0.161. The lowest BCUT2D eigenvalue weighted by Gasteiger charge is -2.28. The molecule has 138 valence electrons. The predicted octanol–water partition coefficient (Wildman–Crippen LogP) is 1.56. The third kappa shape index (κ3) is 5.70. The van der Waals surface area contributed by atoms with E-state index in [4.69, 9.17) is 18.9 Å². The first-order valence-electron chi connectivity index (χ1n) is 8.34. The largest absolute Gasteiger partial charge is 0.463 e. The van der Waals surface area contributed by atoms with Gasteiger partial charge in [0.25, 0.3) is 0 Å². The van der Waals surface area contributed by atoms with Crippen LogP contribution in [0.25, 0.3) is 0 Å². The summed E-state index contributed by atoms with van der Waals surface area (Å²) in [6.45, 7) is 7.50. The van der Waals surface area contributed by atoms with Crippen LogP contribution < -0.4 is 0 Å². The number of rotatable bonds is 8.